The van der Waals surface area contributed by atoms with Gasteiger partial charge in [0.1, 0.15) is 5.69 Å². The molecule has 1 aromatic heterocycles. The van der Waals surface area contributed by atoms with Gasteiger partial charge in [-0.3, -0.25) is 4.98 Å². The van der Waals surface area contributed by atoms with Gasteiger partial charge in [-0.25, -0.2) is 4.98 Å². The minimum Gasteiger partial charge on any atom is -0.252 e. The average molecular weight is 220 g/mol. The summed E-state index contributed by atoms with van der Waals surface area (Å²) in [6, 6.07) is 7.77. The molecule has 0 fully saturated rings. The zero-order valence-electron chi connectivity index (χ0n) is 7.60. The van der Waals surface area contributed by atoms with Crippen LogP contribution in [0.1, 0.15) is 5.69 Å². The van der Waals surface area contributed by atoms with Gasteiger partial charge in [0.15, 0.2) is 0 Å². The lowest BCUT2D eigenvalue weighted by Crippen LogP contribution is -1.96. The zero-order valence-corrected chi connectivity index (χ0v) is 9.23. The molecule has 0 bridgehead atoms. The van der Waals surface area contributed by atoms with E-state index in [1.165, 1.54) is 11.8 Å². The van der Waals surface area contributed by atoms with Crippen molar-refractivity contribution in [1.82, 2.24) is 9.97 Å². The molecule has 4 heteroatoms. The van der Waals surface area contributed by atoms with Crippen LogP contribution in [-0.4, -0.2) is 20.4 Å². The van der Waals surface area contributed by atoms with Crippen LogP contribution < -0.4 is 0 Å². The molecule has 0 radical (unpaired) electrons. The summed E-state index contributed by atoms with van der Waals surface area (Å²) in [7, 11) is 0. The second-order valence-electron chi connectivity index (χ2n) is 2.74. The highest BCUT2D eigenvalue weighted by Crippen LogP contribution is 2.12. The molecule has 1 heterocycles. The summed E-state index contributed by atoms with van der Waals surface area (Å²) in [6.07, 6.45) is 3.67. The highest BCUT2D eigenvalue weighted by atomic mass is 32.2. The van der Waals surface area contributed by atoms with Crippen molar-refractivity contribution in [3.8, 4) is 0 Å². The number of para-hydroxylation sites is 2. The van der Waals surface area contributed by atoms with Crippen LogP contribution in [0.3, 0.4) is 0 Å². The van der Waals surface area contributed by atoms with Gasteiger partial charge in [-0.15, -0.1) is 11.8 Å². The Kier molecular flexibility index (Phi) is 2.74. The summed E-state index contributed by atoms with van der Waals surface area (Å²) in [6.45, 7) is 0. The molecule has 0 amide bonds. The first-order valence-corrected chi connectivity index (χ1v) is 5.74. The summed E-state index contributed by atoms with van der Waals surface area (Å²) >= 11 is 6.66. The maximum absolute atomic E-state index is 5.15. The molecule has 14 heavy (non-hydrogen) atoms. The summed E-state index contributed by atoms with van der Waals surface area (Å²) in [5, 5.41) is 0. The Morgan fingerprint density at radius 1 is 1.29 bits per heavy atom. The predicted molar refractivity (Wildman–Crippen MR) is 64.8 cm³/mol. The summed E-state index contributed by atoms with van der Waals surface area (Å²) in [4.78, 5) is 8.71. The largest absolute Gasteiger partial charge is 0.252 e. The van der Waals surface area contributed by atoms with E-state index in [1.807, 2.05) is 30.5 Å². The van der Waals surface area contributed by atoms with E-state index in [0.29, 0.717) is 0 Å². The van der Waals surface area contributed by atoms with Gasteiger partial charge in [0.2, 0.25) is 0 Å². The predicted octanol–water partition coefficient (Wildman–Crippen LogP) is 2.67. The van der Waals surface area contributed by atoms with Crippen molar-refractivity contribution >= 4 is 39.2 Å². The first-order valence-electron chi connectivity index (χ1n) is 4.11. The maximum Gasteiger partial charge on any atom is 0.106 e. The molecular weight excluding hydrogens is 212 g/mol. The molecule has 2 aromatic rings. The molecule has 2 rings (SSSR count). The van der Waals surface area contributed by atoms with Crippen LogP contribution in [0.2, 0.25) is 0 Å². The quantitative estimate of drug-likeness (QED) is 0.690. The Morgan fingerprint density at radius 3 is 2.71 bits per heavy atom. The van der Waals surface area contributed by atoms with Gasteiger partial charge in [-0.2, -0.15) is 0 Å². The van der Waals surface area contributed by atoms with Crippen LogP contribution in [0.25, 0.3) is 11.0 Å². The van der Waals surface area contributed by atoms with E-state index >= 15 is 0 Å². The average Bonchev–Trinajstić information content (AvgIpc) is 2.27. The minimum atomic E-state index is 0.781. The van der Waals surface area contributed by atoms with Gasteiger partial charge in [0, 0.05) is 0 Å². The highest BCUT2D eigenvalue weighted by Gasteiger charge is 2.02. The number of rotatable bonds is 1. The normalized spacial score (nSPS) is 10.4. The molecule has 0 N–H and O–H groups in total. The van der Waals surface area contributed by atoms with Crippen LogP contribution in [0.5, 0.6) is 0 Å². The Bertz CT molecular complexity index is 482. The maximum atomic E-state index is 5.15. The Labute approximate surface area is 91.8 Å². The molecule has 70 valence electrons. The van der Waals surface area contributed by atoms with Gasteiger partial charge >= 0.3 is 0 Å². The molecule has 1 aromatic carbocycles. The molecule has 0 saturated carbocycles. The Hall–Kier alpha value is -1.00. The van der Waals surface area contributed by atoms with Gasteiger partial charge in [-0.05, 0) is 18.4 Å². The lowest BCUT2D eigenvalue weighted by atomic mass is 10.3. The number of fused-ring (bicyclic) bond motifs is 1. The highest BCUT2D eigenvalue weighted by molar-refractivity contribution is 8.23. The van der Waals surface area contributed by atoms with E-state index in [0.717, 1.165) is 20.9 Å². The van der Waals surface area contributed by atoms with Crippen molar-refractivity contribution in [2.24, 2.45) is 0 Å². The van der Waals surface area contributed by atoms with Gasteiger partial charge in [-0.1, -0.05) is 24.4 Å². The lowest BCUT2D eigenvalue weighted by molar-refractivity contribution is 1.28. The van der Waals surface area contributed by atoms with Crippen molar-refractivity contribution in [2.45, 2.75) is 0 Å². The van der Waals surface area contributed by atoms with Crippen LogP contribution in [0.4, 0.5) is 0 Å². The molecule has 0 aliphatic rings. The first kappa shape index (κ1) is 9.55. The van der Waals surface area contributed by atoms with E-state index in [9.17, 15) is 0 Å². The van der Waals surface area contributed by atoms with Crippen molar-refractivity contribution in [2.75, 3.05) is 6.26 Å². The van der Waals surface area contributed by atoms with E-state index in [1.54, 1.807) is 6.20 Å². The van der Waals surface area contributed by atoms with Crippen molar-refractivity contribution < 1.29 is 0 Å². The SMILES string of the molecule is CSC(=S)c1cnc2ccccc2n1. The number of aromatic nitrogens is 2. The van der Waals surface area contributed by atoms with Crippen molar-refractivity contribution in [1.29, 1.82) is 0 Å². The van der Waals surface area contributed by atoms with Crippen molar-refractivity contribution in [3.63, 3.8) is 0 Å². The molecule has 0 aliphatic heterocycles. The van der Waals surface area contributed by atoms with E-state index < -0.39 is 0 Å². The Balaban J connectivity index is 2.56. The summed E-state index contributed by atoms with van der Waals surface area (Å²) < 4.78 is 0.781. The monoisotopic (exact) mass is 220 g/mol. The van der Waals surface area contributed by atoms with E-state index in [4.69, 9.17) is 12.2 Å². The molecule has 0 spiro atoms. The van der Waals surface area contributed by atoms with Crippen molar-refractivity contribution in [3.05, 3.63) is 36.2 Å². The molecular formula is C10H8N2S2. The van der Waals surface area contributed by atoms with E-state index in [-0.39, 0.29) is 0 Å². The third kappa shape index (κ3) is 1.76. The third-order valence-corrected chi connectivity index (χ3v) is 3.13. The van der Waals surface area contributed by atoms with Crippen LogP contribution >= 0.6 is 24.0 Å². The van der Waals surface area contributed by atoms with Crippen LogP contribution in [-0.2, 0) is 0 Å². The van der Waals surface area contributed by atoms with E-state index in [2.05, 4.69) is 9.97 Å². The lowest BCUT2D eigenvalue weighted by Gasteiger charge is -2.00. The number of thiocarbonyl (C=S) groups is 1. The number of hydrogen-bond acceptors (Lipinski definition) is 4. The molecule has 0 saturated heterocycles. The number of nitrogens with zero attached hydrogens (tertiary/aromatic N) is 2. The fourth-order valence-corrected chi connectivity index (χ4v) is 1.57. The number of hydrogen-bond donors (Lipinski definition) is 0. The molecule has 0 aliphatic carbocycles. The second kappa shape index (κ2) is 4.02. The second-order valence-corrected chi connectivity index (χ2v) is 4.22. The number of benzene rings is 1. The smallest absolute Gasteiger partial charge is 0.106 e. The number of thioether (sulfide) groups is 1. The molecule has 0 atom stereocenters. The fraction of sp³-hybridized carbons (Fsp3) is 0.100. The fourth-order valence-electron chi connectivity index (χ4n) is 1.16. The van der Waals surface area contributed by atoms with Gasteiger partial charge in [0.25, 0.3) is 0 Å². The van der Waals surface area contributed by atoms with Gasteiger partial charge in [0.05, 0.1) is 21.4 Å². The van der Waals surface area contributed by atoms with Gasteiger partial charge < -0.3 is 0 Å². The first-order chi connectivity index (χ1) is 6.81. The summed E-state index contributed by atoms with van der Waals surface area (Å²) in [5.41, 5.74) is 2.58. The van der Waals surface area contributed by atoms with Crippen LogP contribution in [0, 0.1) is 0 Å². The van der Waals surface area contributed by atoms with Crippen LogP contribution in [0.15, 0.2) is 30.5 Å². The topological polar surface area (TPSA) is 25.8 Å². The Morgan fingerprint density at radius 2 is 2.00 bits per heavy atom. The minimum absolute atomic E-state index is 0.781. The summed E-state index contributed by atoms with van der Waals surface area (Å²) in [5.74, 6) is 0. The standard InChI is InChI=1S/C10H8N2S2/c1-14-10(13)9-6-11-7-4-2-3-5-8(7)12-9/h2-6H,1H3. The third-order valence-electron chi connectivity index (χ3n) is 1.84. The molecule has 0 unspecified atom stereocenters. The molecule has 2 nitrogen and oxygen atoms in total. The zero-order chi connectivity index (χ0) is 9.97.